The lowest BCUT2D eigenvalue weighted by atomic mass is 10.0. The number of hydrogen-bond acceptors (Lipinski definition) is 6. The monoisotopic (exact) mass is 521 g/mol. The van der Waals surface area contributed by atoms with Gasteiger partial charge in [0.05, 0.1) is 19.6 Å². The van der Waals surface area contributed by atoms with Crippen molar-refractivity contribution in [2.75, 3.05) is 26.2 Å². The molecule has 11 nitrogen and oxygen atoms in total. The lowest BCUT2D eigenvalue weighted by Gasteiger charge is -2.25. The minimum absolute atomic E-state index is 0.0960. The minimum Gasteiger partial charge on any atom is -0.494 e. The van der Waals surface area contributed by atoms with E-state index in [-0.39, 0.29) is 36.6 Å². The van der Waals surface area contributed by atoms with Crippen LogP contribution >= 0.6 is 0 Å². The van der Waals surface area contributed by atoms with E-state index in [9.17, 15) is 14.4 Å². The van der Waals surface area contributed by atoms with E-state index in [0.29, 0.717) is 50.5 Å². The lowest BCUT2D eigenvalue weighted by molar-refractivity contribution is -0.136. The van der Waals surface area contributed by atoms with Crippen LogP contribution in [0.1, 0.15) is 32.4 Å². The summed E-state index contributed by atoms with van der Waals surface area (Å²) in [5.74, 6) is 0.810. The fourth-order valence-corrected chi connectivity index (χ4v) is 4.41. The lowest BCUT2D eigenvalue weighted by Crippen LogP contribution is -2.51. The van der Waals surface area contributed by atoms with E-state index in [1.807, 2.05) is 48.9 Å². The van der Waals surface area contributed by atoms with E-state index in [0.717, 1.165) is 11.4 Å². The molecule has 3 heterocycles. The van der Waals surface area contributed by atoms with Crippen molar-refractivity contribution in [3.8, 4) is 17.1 Å². The van der Waals surface area contributed by atoms with Crippen molar-refractivity contribution >= 4 is 17.7 Å². The largest absolute Gasteiger partial charge is 0.494 e. The number of hydrogen-bond donors (Lipinski definition) is 3. The topological polar surface area (TPSA) is 134 Å². The van der Waals surface area contributed by atoms with Crippen molar-refractivity contribution in [3.63, 3.8) is 0 Å². The second-order valence-electron chi connectivity index (χ2n) is 9.79. The Morgan fingerprint density at radius 1 is 1.18 bits per heavy atom. The van der Waals surface area contributed by atoms with Crippen LogP contribution in [0.3, 0.4) is 0 Å². The molecule has 0 unspecified atom stereocenters. The summed E-state index contributed by atoms with van der Waals surface area (Å²) in [5, 5.41) is 12.5. The number of aromatic nitrogens is 4. The molecule has 11 heteroatoms. The van der Waals surface area contributed by atoms with Gasteiger partial charge in [-0.25, -0.2) is 4.98 Å². The summed E-state index contributed by atoms with van der Waals surface area (Å²) in [6, 6.07) is 8.70. The second kappa shape index (κ2) is 12.9. The molecule has 0 saturated heterocycles. The van der Waals surface area contributed by atoms with Crippen LogP contribution in [-0.2, 0) is 27.3 Å². The molecule has 1 atom stereocenters. The Labute approximate surface area is 222 Å². The Bertz CT molecular complexity index is 1220. The number of H-pyrrole nitrogens is 1. The second-order valence-corrected chi connectivity index (χ2v) is 9.79. The van der Waals surface area contributed by atoms with E-state index < -0.39 is 6.04 Å². The molecule has 0 saturated carbocycles. The number of nitrogens with one attached hydrogen (secondary N) is 3. The fraction of sp³-hybridized carbons (Fsp3) is 0.444. The first kappa shape index (κ1) is 26.9. The molecular formula is C27H35N7O4. The van der Waals surface area contributed by atoms with Gasteiger partial charge in [0.2, 0.25) is 17.7 Å². The van der Waals surface area contributed by atoms with E-state index >= 15 is 0 Å². The van der Waals surface area contributed by atoms with E-state index in [1.54, 1.807) is 18.5 Å². The summed E-state index contributed by atoms with van der Waals surface area (Å²) in [7, 11) is 0. The van der Waals surface area contributed by atoms with Crippen LogP contribution in [0, 0.1) is 5.92 Å². The Hall–Kier alpha value is -4.15. The average Bonchev–Trinajstić information content (AvgIpc) is 3.57. The van der Waals surface area contributed by atoms with Gasteiger partial charge in [0.1, 0.15) is 17.6 Å². The average molecular weight is 522 g/mol. The molecule has 0 spiro atoms. The highest BCUT2D eigenvalue weighted by atomic mass is 16.5. The van der Waals surface area contributed by atoms with Crippen molar-refractivity contribution in [2.24, 2.45) is 5.92 Å². The molecule has 0 radical (unpaired) electrons. The van der Waals surface area contributed by atoms with Gasteiger partial charge in [0.15, 0.2) is 0 Å². The quantitative estimate of drug-likeness (QED) is 0.479. The Morgan fingerprint density at radius 3 is 2.84 bits per heavy atom. The molecule has 1 aromatic carbocycles. The SMILES string of the molecule is CC(C)C[C@H]1NC(=O)CN(C(=O)Cc2ccn[nH]2)CCCOc2cccc(c2)-c2nccn2CCNC1=O. The number of fused-ring (bicyclic) bond motifs is 4. The molecule has 2 bridgehead atoms. The highest BCUT2D eigenvalue weighted by Gasteiger charge is 2.24. The number of rotatable bonds is 4. The first-order valence-electron chi connectivity index (χ1n) is 13.0. The molecule has 4 rings (SSSR count). The maximum absolute atomic E-state index is 13.1. The molecule has 38 heavy (non-hydrogen) atoms. The van der Waals surface area contributed by atoms with Crippen LogP contribution in [0.2, 0.25) is 0 Å². The molecule has 2 aromatic heterocycles. The van der Waals surface area contributed by atoms with Gasteiger partial charge in [-0.1, -0.05) is 26.0 Å². The molecular weight excluding hydrogens is 486 g/mol. The number of imidazole rings is 1. The number of amides is 3. The molecule has 202 valence electrons. The standard InChI is InChI=1S/C27H35N7O4/c1-19(2)15-23-27(37)29-10-13-33-12-9-28-26(33)20-5-3-6-22(16-20)38-14-4-11-34(18-24(35)31-23)25(36)17-21-7-8-30-32-21/h3,5-9,12,16,19,23H,4,10-11,13-15,17-18H2,1-2H3,(H,29,37)(H,30,32)(H,31,35)/t23-/m1/s1. The van der Waals surface area contributed by atoms with Gasteiger partial charge in [-0.2, -0.15) is 5.10 Å². The number of aromatic amines is 1. The third-order valence-corrected chi connectivity index (χ3v) is 6.25. The van der Waals surface area contributed by atoms with Crippen LogP contribution in [0.15, 0.2) is 48.9 Å². The smallest absolute Gasteiger partial charge is 0.242 e. The maximum atomic E-state index is 13.1. The fourth-order valence-electron chi connectivity index (χ4n) is 4.41. The predicted octanol–water partition coefficient (Wildman–Crippen LogP) is 1.77. The normalized spacial score (nSPS) is 17.6. The van der Waals surface area contributed by atoms with Gasteiger partial charge in [0, 0.05) is 49.5 Å². The van der Waals surface area contributed by atoms with Gasteiger partial charge in [-0.05, 0) is 37.0 Å². The van der Waals surface area contributed by atoms with E-state index in [2.05, 4.69) is 25.8 Å². The molecule has 1 aliphatic rings. The summed E-state index contributed by atoms with van der Waals surface area (Å²) >= 11 is 0. The molecule has 0 aliphatic carbocycles. The van der Waals surface area contributed by atoms with Crippen molar-refractivity contribution in [2.45, 2.75) is 45.7 Å². The van der Waals surface area contributed by atoms with Crippen molar-refractivity contribution in [3.05, 3.63) is 54.6 Å². The number of ether oxygens (including phenoxy) is 1. The summed E-state index contributed by atoms with van der Waals surface area (Å²) in [6.07, 6.45) is 6.28. The molecule has 1 aliphatic heterocycles. The van der Waals surface area contributed by atoms with Crippen molar-refractivity contribution in [1.82, 2.24) is 35.3 Å². The Balaban J connectivity index is 1.55. The van der Waals surface area contributed by atoms with Crippen molar-refractivity contribution < 1.29 is 19.1 Å². The van der Waals surface area contributed by atoms with Gasteiger partial charge in [-0.3, -0.25) is 19.5 Å². The summed E-state index contributed by atoms with van der Waals surface area (Å²) in [4.78, 5) is 45.1. The molecule has 3 N–H and O–H groups in total. The zero-order valence-electron chi connectivity index (χ0n) is 21.9. The van der Waals surface area contributed by atoms with Gasteiger partial charge < -0.3 is 24.8 Å². The van der Waals surface area contributed by atoms with E-state index in [1.165, 1.54) is 4.90 Å². The Morgan fingerprint density at radius 2 is 2.05 bits per heavy atom. The Kier molecular flexibility index (Phi) is 9.12. The van der Waals surface area contributed by atoms with Crippen LogP contribution in [-0.4, -0.2) is 74.7 Å². The number of benzene rings is 1. The first-order chi connectivity index (χ1) is 18.4. The summed E-state index contributed by atoms with van der Waals surface area (Å²) in [6.45, 7) is 5.43. The summed E-state index contributed by atoms with van der Waals surface area (Å²) < 4.78 is 7.94. The van der Waals surface area contributed by atoms with Crippen LogP contribution in [0.5, 0.6) is 5.75 Å². The van der Waals surface area contributed by atoms with E-state index in [4.69, 9.17) is 4.74 Å². The first-order valence-corrected chi connectivity index (χ1v) is 13.0. The van der Waals surface area contributed by atoms with Gasteiger partial charge in [0.25, 0.3) is 0 Å². The number of carbonyl (C=O) groups is 3. The van der Waals surface area contributed by atoms with Crippen LogP contribution in [0.25, 0.3) is 11.4 Å². The van der Waals surface area contributed by atoms with Gasteiger partial charge in [-0.15, -0.1) is 0 Å². The predicted molar refractivity (Wildman–Crippen MR) is 141 cm³/mol. The third kappa shape index (κ3) is 7.44. The van der Waals surface area contributed by atoms with Crippen molar-refractivity contribution in [1.29, 1.82) is 0 Å². The number of nitrogens with zero attached hydrogens (tertiary/aromatic N) is 4. The maximum Gasteiger partial charge on any atom is 0.242 e. The van der Waals surface area contributed by atoms with Crippen LogP contribution in [0.4, 0.5) is 0 Å². The van der Waals surface area contributed by atoms with Crippen LogP contribution < -0.4 is 15.4 Å². The molecule has 0 fully saturated rings. The minimum atomic E-state index is -0.701. The summed E-state index contributed by atoms with van der Waals surface area (Å²) in [5.41, 5.74) is 1.57. The zero-order valence-corrected chi connectivity index (χ0v) is 21.9. The number of carbonyl (C=O) groups excluding carboxylic acids is 3. The third-order valence-electron chi connectivity index (χ3n) is 6.25. The molecule has 3 aromatic rings. The molecule has 3 amide bonds. The highest BCUT2D eigenvalue weighted by Crippen LogP contribution is 2.23. The van der Waals surface area contributed by atoms with Gasteiger partial charge >= 0.3 is 0 Å². The highest BCUT2D eigenvalue weighted by molar-refractivity contribution is 5.90. The zero-order chi connectivity index (χ0) is 26.9.